The van der Waals surface area contributed by atoms with E-state index in [0.29, 0.717) is 5.56 Å². The Morgan fingerprint density at radius 2 is 2.25 bits per heavy atom. The second-order valence-corrected chi connectivity index (χ2v) is 5.86. The van der Waals surface area contributed by atoms with Gasteiger partial charge in [0.1, 0.15) is 10.8 Å². The minimum Gasteiger partial charge on any atom is -0.244 e. The van der Waals surface area contributed by atoms with E-state index in [4.69, 9.17) is 0 Å². The Morgan fingerprint density at radius 3 is 2.88 bits per heavy atom. The van der Waals surface area contributed by atoms with Crippen LogP contribution in [0.25, 0.3) is 10.6 Å². The molecule has 0 amide bonds. The van der Waals surface area contributed by atoms with Crippen LogP contribution in [0, 0.1) is 12.7 Å². The van der Waals surface area contributed by atoms with E-state index in [1.54, 1.807) is 24.0 Å². The molecule has 0 N–H and O–H groups in total. The van der Waals surface area contributed by atoms with Gasteiger partial charge in [-0.25, -0.2) is 9.37 Å². The van der Waals surface area contributed by atoms with Crippen LogP contribution in [0.4, 0.5) is 4.39 Å². The molecular weight excluding hydrogens is 241 g/mol. The van der Waals surface area contributed by atoms with E-state index < -0.39 is 0 Å². The minimum absolute atomic E-state index is 0.187. The van der Waals surface area contributed by atoms with Gasteiger partial charge in [0.25, 0.3) is 0 Å². The summed E-state index contributed by atoms with van der Waals surface area (Å²) in [5.41, 5.74) is 0.646. The van der Waals surface area contributed by atoms with Crippen LogP contribution in [0.1, 0.15) is 11.8 Å². The van der Waals surface area contributed by atoms with Crippen molar-refractivity contribution in [2.75, 3.05) is 5.75 Å². The standard InChI is InChI=1S/C12H12FNS2/c1-3-15-10-6-4-5-9(13)11(10)12-14-7-8(2)16-12/h4-7H,3H2,1-2H3. The molecule has 0 aliphatic heterocycles. The number of aromatic nitrogens is 1. The molecule has 0 saturated heterocycles. The molecule has 1 nitrogen and oxygen atoms in total. The lowest BCUT2D eigenvalue weighted by molar-refractivity contribution is 0.628. The van der Waals surface area contributed by atoms with Gasteiger partial charge in [-0.2, -0.15) is 0 Å². The second kappa shape index (κ2) is 4.97. The first-order valence-electron chi connectivity index (χ1n) is 5.06. The van der Waals surface area contributed by atoms with Gasteiger partial charge in [-0.1, -0.05) is 13.0 Å². The molecule has 2 aromatic rings. The van der Waals surface area contributed by atoms with Gasteiger partial charge < -0.3 is 0 Å². The highest BCUT2D eigenvalue weighted by Gasteiger charge is 2.13. The topological polar surface area (TPSA) is 12.9 Å². The number of hydrogen-bond donors (Lipinski definition) is 0. The van der Waals surface area contributed by atoms with Crippen molar-refractivity contribution < 1.29 is 4.39 Å². The molecule has 0 spiro atoms. The smallest absolute Gasteiger partial charge is 0.134 e. The van der Waals surface area contributed by atoms with Crippen molar-refractivity contribution in [2.45, 2.75) is 18.7 Å². The van der Waals surface area contributed by atoms with Crippen molar-refractivity contribution in [3.63, 3.8) is 0 Å². The molecule has 0 atom stereocenters. The van der Waals surface area contributed by atoms with Crippen LogP contribution in [0.2, 0.25) is 0 Å². The highest BCUT2D eigenvalue weighted by Crippen LogP contribution is 2.35. The van der Waals surface area contributed by atoms with Crippen LogP contribution in [0.3, 0.4) is 0 Å². The fourth-order valence-electron chi connectivity index (χ4n) is 1.46. The molecule has 0 aliphatic rings. The minimum atomic E-state index is -0.187. The summed E-state index contributed by atoms with van der Waals surface area (Å²) in [5, 5.41) is 0.770. The summed E-state index contributed by atoms with van der Waals surface area (Å²) in [6.45, 7) is 4.04. The molecular formula is C12H12FNS2. The number of thiazole rings is 1. The van der Waals surface area contributed by atoms with Gasteiger partial charge >= 0.3 is 0 Å². The number of aryl methyl sites for hydroxylation is 1. The SMILES string of the molecule is CCSc1cccc(F)c1-c1ncc(C)s1. The molecule has 0 aliphatic carbocycles. The lowest BCUT2D eigenvalue weighted by Crippen LogP contribution is -1.87. The van der Waals surface area contributed by atoms with Crippen molar-refractivity contribution >= 4 is 23.1 Å². The Balaban J connectivity index is 2.53. The molecule has 1 aromatic heterocycles. The average molecular weight is 253 g/mol. The first-order chi connectivity index (χ1) is 7.72. The molecule has 0 unspecified atom stereocenters. The molecule has 1 aromatic carbocycles. The molecule has 2 rings (SSSR count). The summed E-state index contributed by atoms with van der Waals surface area (Å²) < 4.78 is 13.8. The van der Waals surface area contributed by atoms with Crippen molar-refractivity contribution in [1.82, 2.24) is 4.98 Å². The van der Waals surface area contributed by atoms with Gasteiger partial charge in [-0.3, -0.25) is 0 Å². The largest absolute Gasteiger partial charge is 0.244 e. The highest BCUT2D eigenvalue weighted by molar-refractivity contribution is 7.99. The number of thioether (sulfide) groups is 1. The number of benzene rings is 1. The summed E-state index contributed by atoms with van der Waals surface area (Å²) in [7, 11) is 0. The average Bonchev–Trinajstić information content (AvgIpc) is 2.65. The third-order valence-corrected chi connectivity index (χ3v) is 3.98. The Hall–Kier alpha value is -0.870. The molecule has 0 bridgehead atoms. The summed E-state index contributed by atoms with van der Waals surface area (Å²) in [5.74, 6) is 0.744. The maximum Gasteiger partial charge on any atom is 0.134 e. The molecule has 0 fully saturated rings. The van der Waals surface area contributed by atoms with E-state index in [1.165, 1.54) is 17.4 Å². The van der Waals surface area contributed by atoms with Crippen molar-refractivity contribution in [3.05, 3.63) is 35.1 Å². The summed E-state index contributed by atoms with van der Waals surface area (Å²) in [6.07, 6.45) is 1.78. The first kappa shape index (κ1) is 11.6. The maximum absolute atomic E-state index is 13.8. The third-order valence-electron chi connectivity index (χ3n) is 2.11. The number of rotatable bonds is 3. The van der Waals surface area contributed by atoms with Crippen LogP contribution in [-0.4, -0.2) is 10.7 Å². The summed E-state index contributed by atoms with van der Waals surface area (Å²) >= 11 is 3.18. The molecule has 1 heterocycles. The zero-order valence-corrected chi connectivity index (χ0v) is 10.8. The van der Waals surface area contributed by atoms with Gasteiger partial charge in [-0.05, 0) is 24.8 Å². The third kappa shape index (κ3) is 2.28. The highest BCUT2D eigenvalue weighted by atomic mass is 32.2. The quantitative estimate of drug-likeness (QED) is 0.753. The fourth-order valence-corrected chi connectivity index (χ4v) is 3.17. The molecule has 4 heteroatoms. The van der Waals surface area contributed by atoms with Gasteiger partial charge in [0, 0.05) is 16.0 Å². The van der Waals surface area contributed by atoms with Gasteiger partial charge in [-0.15, -0.1) is 23.1 Å². The fraction of sp³-hybridized carbons (Fsp3) is 0.250. The van der Waals surface area contributed by atoms with E-state index in [1.807, 2.05) is 13.0 Å². The van der Waals surface area contributed by atoms with Crippen LogP contribution in [0.5, 0.6) is 0 Å². The van der Waals surface area contributed by atoms with Gasteiger partial charge in [0.15, 0.2) is 0 Å². The Bertz CT molecular complexity index is 494. The van der Waals surface area contributed by atoms with E-state index in [2.05, 4.69) is 11.9 Å². The molecule has 0 saturated carbocycles. The maximum atomic E-state index is 13.8. The zero-order chi connectivity index (χ0) is 11.5. The van der Waals surface area contributed by atoms with E-state index in [0.717, 1.165) is 20.5 Å². The van der Waals surface area contributed by atoms with Crippen molar-refractivity contribution in [2.24, 2.45) is 0 Å². The monoisotopic (exact) mass is 253 g/mol. The van der Waals surface area contributed by atoms with Crippen LogP contribution in [-0.2, 0) is 0 Å². The Labute approximate surface area is 103 Å². The van der Waals surface area contributed by atoms with Crippen LogP contribution < -0.4 is 0 Å². The summed E-state index contributed by atoms with van der Waals surface area (Å²) in [6, 6.07) is 5.19. The lowest BCUT2D eigenvalue weighted by Gasteiger charge is -2.06. The lowest BCUT2D eigenvalue weighted by atomic mass is 10.2. The zero-order valence-electron chi connectivity index (χ0n) is 9.16. The van der Waals surface area contributed by atoms with Crippen LogP contribution in [0.15, 0.2) is 29.3 Å². The molecule has 84 valence electrons. The normalized spacial score (nSPS) is 10.7. The van der Waals surface area contributed by atoms with Gasteiger partial charge in [0.05, 0.1) is 5.56 Å². The number of halogens is 1. The number of nitrogens with zero attached hydrogens (tertiary/aromatic N) is 1. The predicted molar refractivity (Wildman–Crippen MR) is 68.6 cm³/mol. The number of hydrogen-bond acceptors (Lipinski definition) is 3. The van der Waals surface area contributed by atoms with E-state index >= 15 is 0 Å². The van der Waals surface area contributed by atoms with Crippen molar-refractivity contribution in [1.29, 1.82) is 0 Å². The predicted octanol–water partition coefficient (Wildman–Crippen LogP) is 4.37. The van der Waals surface area contributed by atoms with E-state index in [9.17, 15) is 4.39 Å². The van der Waals surface area contributed by atoms with Gasteiger partial charge in [0.2, 0.25) is 0 Å². The Kier molecular flexibility index (Phi) is 3.61. The molecule has 16 heavy (non-hydrogen) atoms. The van der Waals surface area contributed by atoms with E-state index in [-0.39, 0.29) is 5.82 Å². The first-order valence-corrected chi connectivity index (χ1v) is 6.86. The summed E-state index contributed by atoms with van der Waals surface area (Å²) in [4.78, 5) is 6.33. The Morgan fingerprint density at radius 1 is 1.44 bits per heavy atom. The van der Waals surface area contributed by atoms with Crippen LogP contribution >= 0.6 is 23.1 Å². The van der Waals surface area contributed by atoms with Crippen molar-refractivity contribution in [3.8, 4) is 10.6 Å². The second-order valence-electron chi connectivity index (χ2n) is 3.32. The molecule has 0 radical (unpaired) electrons.